The van der Waals surface area contributed by atoms with Crippen LogP contribution in [0.2, 0.25) is 5.02 Å². The normalized spacial score (nSPS) is 10.9. The highest BCUT2D eigenvalue weighted by Crippen LogP contribution is 2.30. The Labute approximate surface area is 136 Å². The first-order chi connectivity index (χ1) is 10.7. The molecule has 0 aliphatic carbocycles. The minimum Gasteiger partial charge on any atom is -0.495 e. The molecule has 0 unspecified atom stereocenters. The SMILES string of the molecule is CCNCCCNCc1ccc(-c2ccc(OC)c(Cl)c2)o1. The highest BCUT2D eigenvalue weighted by atomic mass is 35.5. The third-order valence-electron chi connectivity index (χ3n) is 3.35. The number of benzene rings is 1. The standard InChI is InChI=1S/C17H23ClN2O2/c1-3-19-9-4-10-20-12-14-6-8-16(22-14)13-5-7-17(21-2)15(18)11-13/h5-8,11,19-20H,3-4,9-10,12H2,1-2H3. The van der Waals surface area contributed by atoms with Crippen molar-refractivity contribution >= 4 is 11.6 Å². The summed E-state index contributed by atoms with van der Waals surface area (Å²) in [4.78, 5) is 0. The van der Waals surface area contributed by atoms with Crippen molar-refractivity contribution in [3.63, 3.8) is 0 Å². The second-order valence-corrected chi connectivity index (χ2v) is 5.41. The molecule has 0 saturated heterocycles. The number of halogens is 1. The molecule has 0 atom stereocenters. The van der Waals surface area contributed by atoms with Crippen molar-refractivity contribution in [2.45, 2.75) is 19.9 Å². The van der Waals surface area contributed by atoms with E-state index >= 15 is 0 Å². The Morgan fingerprint density at radius 1 is 1.14 bits per heavy atom. The zero-order chi connectivity index (χ0) is 15.8. The summed E-state index contributed by atoms with van der Waals surface area (Å²) in [5.74, 6) is 2.40. The molecule has 120 valence electrons. The average molecular weight is 323 g/mol. The lowest BCUT2D eigenvalue weighted by Gasteiger charge is -2.05. The third kappa shape index (κ3) is 4.77. The van der Waals surface area contributed by atoms with Gasteiger partial charge in [-0.1, -0.05) is 18.5 Å². The Bertz CT molecular complexity index is 584. The number of rotatable bonds is 9. The number of nitrogens with one attached hydrogen (secondary N) is 2. The average Bonchev–Trinajstić information content (AvgIpc) is 2.99. The van der Waals surface area contributed by atoms with Gasteiger partial charge in [0.1, 0.15) is 17.3 Å². The summed E-state index contributed by atoms with van der Waals surface area (Å²) < 4.78 is 11.0. The molecule has 0 radical (unpaired) electrons. The predicted octanol–water partition coefficient (Wildman–Crippen LogP) is 3.70. The highest BCUT2D eigenvalue weighted by Gasteiger charge is 2.08. The van der Waals surface area contributed by atoms with Crippen LogP contribution in [0.3, 0.4) is 0 Å². The molecule has 2 N–H and O–H groups in total. The topological polar surface area (TPSA) is 46.4 Å². The zero-order valence-corrected chi connectivity index (χ0v) is 13.9. The second-order valence-electron chi connectivity index (χ2n) is 5.00. The molecule has 1 heterocycles. The van der Waals surface area contributed by atoms with Crippen LogP contribution in [0.15, 0.2) is 34.7 Å². The highest BCUT2D eigenvalue weighted by molar-refractivity contribution is 6.32. The summed E-state index contributed by atoms with van der Waals surface area (Å²) in [6.07, 6.45) is 1.11. The van der Waals surface area contributed by atoms with Gasteiger partial charge in [-0.3, -0.25) is 0 Å². The monoisotopic (exact) mass is 322 g/mol. The first kappa shape index (κ1) is 16.9. The van der Waals surface area contributed by atoms with Crippen molar-refractivity contribution in [2.24, 2.45) is 0 Å². The molecule has 22 heavy (non-hydrogen) atoms. The van der Waals surface area contributed by atoms with Crippen molar-refractivity contribution < 1.29 is 9.15 Å². The maximum Gasteiger partial charge on any atom is 0.137 e. The van der Waals surface area contributed by atoms with Gasteiger partial charge in [0, 0.05) is 5.56 Å². The van der Waals surface area contributed by atoms with Crippen LogP contribution in [0.4, 0.5) is 0 Å². The Kier molecular flexibility index (Phi) is 6.77. The van der Waals surface area contributed by atoms with Crippen LogP contribution >= 0.6 is 11.6 Å². The summed E-state index contributed by atoms with van der Waals surface area (Å²) in [5.41, 5.74) is 0.948. The van der Waals surface area contributed by atoms with Crippen molar-refractivity contribution in [1.29, 1.82) is 0 Å². The smallest absolute Gasteiger partial charge is 0.137 e. The summed E-state index contributed by atoms with van der Waals surface area (Å²) in [6, 6.07) is 9.60. The Morgan fingerprint density at radius 2 is 1.95 bits per heavy atom. The molecule has 2 rings (SSSR count). The van der Waals surface area contributed by atoms with Gasteiger partial charge in [-0.05, 0) is 56.4 Å². The molecule has 0 aliphatic rings. The Balaban J connectivity index is 1.87. The van der Waals surface area contributed by atoms with Crippen LogP contribution in [-0.2, 0) is 6.54 Å². The van der Waals surface area contributed by atoms with Gasteiger partial charge in [-0.2, -0.15) is 0 Å². The van der Waals surface area contributed by atoms with E-state index in [4.69, 9.17) is 20.8 Å². The molecule has 0 saturated carbocycles. The molecular formula is C17H23ClN2O2. The van der Waals surface area contributed by atoms with Gasteiger partial charge in [0.25, 0.3) is 0 Å². The van der Waals surface area contributed by atoms with Gasteiger partial charge in [-0.15, -0.1) is 0 Å². The first-order valence-electron chi connectivity index (χ1n) is 7.58. The first-order valence-corrected chi connectivity index (χ1v) is 7.96. The van der Waals surface area contributed by atoms with Crippen LogP contribution in [0.1, 0.15) is 19.1 Å². The Morgan fingerprint density at radius 3 is 2.68 bits per heavy atom. The minimum absolute atomic E-state index is 0.583. The van der Waals surface area contributed by atoms with Crippen LogP contribution in [0.25, 0.3) is 11.3 Å². The molecule has 0 spiro atoms. The van der Waals surface area contributed by atoms with Crippen LogP contribution in [0, 0.1) is 0 Å². The van der Waals surface area contributed by atoms with E-state index in [1.54, 1.807) is 7.11 Å². The molecule has 1 aromatic carbocycles. The summed E-state index contributed by atoms with van der Waals surface area (Å²) in [7, 11) is 1.60. The Hall–Kier alpha value is -1.49. The number of methoxy groups -OCH3 is 1. The number of hydrogen-bond acceptors (Lipinski definition) is 4. The molecule has 0 fully saturated rings. The van der Waals surface area contributed by atoms with E-state index in [1.807, 2.05) is 30.3 Å². The van der Waals surface area contributed by atoms with Crippen molar-refractivity contribution in [3.8, 4) is 17.1 Å². The van der Waals surface area contributed by atoms with Gasteiger partial charge >= 0.3 is 0 Å². The van der Waals surface area contributed by atoms with Crippen molar-refractivity contribution in [3.05, 3.63) is 41.1 Å². The minimum atomic E-state index is 0.583. The van der Waals surface area contributed by atoms with Crippen LogP contribution in [-0.4, -0.2) is 26.7 Å². The lowest BCUT2D eigenvalue weighted by Crippen LogP contribution is -2.21. The van der Waals surface area contributed by atoms with Gasteiger partial charge in [0.15, 0.2) is 0 Å². The molecule has 0 bridgehead atoms. The van der Waals surface area contributed by atoms with Gasteiger partial charge in [-0.25, -0.2) is 0 Å². The maximum absolute atomic E-state index is 6.15. The van der Waals surface area contributed by atoms with Crippen LogP contribution in [0.5, 0.6) is 5.75 Å². The van der Waals surface area contributed by atoms with Gasteiger partial charge in [0.05, 0.1) is 18.7 Å². The molecule has 0 aliphatic heterocycles. The maximum atomic E-state index is 6.15. The fraction of sp³-hybridized carbons (Fsp3) is 0.412. The number of ether oxygens (including phenoxy) is 1. The third-order valence-corrected chi connectivity index (χ3v) is 3.65. The summed E-state index contributed by atoms with van der Waals surface area (Å²) in [6.45, 7) is 5.87. The quantitative estimate of drug-likeness (QED) is 0.691. The lowest BCUT2D eigenvalue weighted by atomic mass is 10.2. The van der Waals surface area contributed by atoms with E-state index in [0.717, 1.165) is 49.7 Å². The molecule has 0 amide bonds. The molecule has 2 aromatic rings. The molecular weight excluding hydrogens is 300 g/mol. The summed E-state index contributed by atoms with van der Waals surface area (Å²) >= 11 is 6.15. The van der Waals surface area contributed by atoms with E-state index in [9.17, 15) is 0 Å². The predicted molar refractivity (Wildman–Crippen MR) is 90.6 cm³/mol. The molecule has 5 heteroatoms. The lowest BCUT2D eigenvalue weighted by molar-refractivity contribution is 0.415. The fourth-order valence-corrected chi connectivity index (χ4v) is 2.43. The zero-order valence-electron chi connectivity index (χ0n) is 13.1. The number of hydrogen-bond donors (Lipinski definition) is 2. The largest absolute Gasteiger partial charge is 0.495 e. The second kappa shape index (κ2) is 8.83. The fourth-order valence-electron chi connectivity index (χ4n) is 2.17. The van der Waals surface area contributed by atoms with E-state index in [1.165, 1.54) is 0 Å². The van der Waals surface area contributed by atoms with Crippen molar-refractivity contribution in [1.82, 2.24) is 10.6 Å². The van der Waals surface area contributed by atoms with E-state index in [2.05, 4.69) is 17.6 Å². The summed E-state index contributed by atoms with van der Waals surface area (Å²) in [5, 5.41) is 7.26. The number of furan rings is 1. The van der Waals surface area contributed by atoms with E-state index < -0.39 is 0 Å². The van der Waals surface area contributed by atoms with E-state index in [-0.39, 0.29) is 0 Å². The molecule has 1 aromatic heterocycles. The van der Waals surface area contributed by atoms with Crippen LogP contribution < -0.4 is 15.4 Å². The molecule has 4 nitrogen and oxygen atoms in total. The van der Waals surface area contributed by atoms with E-state index in [0.29, 0.717) is 10.8 Å². The van der Waals surface area contributed by atoms with Gasteiger partial charge in [0.2, 0.25) is 0 Å². The van der Waals surface area contributed by atoms with Crippen molar-refractivity contribution in [2.75, 3.05) is 26.7 Å². The van der Waals surface area contributed by atoms with Gasteiger partial charge < -0.3 is 19.8 Å².